The van der Waals surface area contributed by atoms with Crippen molar-refractivity contribution < 1.29 is 14.8 Å². The highest BCUT2D eigenvalue weighted by Crippen LogP contribution is 2.21. The average Bonchev–Trinajstić information content (AvgIpc) is 3.35. The van der Waals surface area contributed by atoms with E-state index in [-0.39, 0.29) is 18.0 Å². The number of amides is 2. The van der Waals surface area contributed by atoms with Gasteiger partial charge in [0.2, 0.25) is 5.91 Å². The predicted octanol–water partition coefficient (Wildman–Crippen LogP) is 2.34. The Kier molecular flexibility index (Phi) is 6.25. The van der Waals surface area contributed by atoms with E-state index in [9.17, 15) is 9.59 Å². The number of likely N-dealkylation sites (tertiary alicyclic amines) is 1. The van der Waals surface area contributed by atoms with Gasteiger partial charge in [0.1, 0.15) is 5.82 Å². The molecule has 8 nitrogen and oxygen atoms in total. The molecule has 168 valence electrons. The summed E-state index contributed by atoms with van der Waals surface area (Å²) in [5.74, 6) is -0.260. The van der Waals surface area contributed by atoms with E-state index in [1.54, 1.807) is 17.6 Å². The number of imidazole rings is 1. The Balaban J connectivity index is 1.46. The van der Waals surface area contributed by atoms with Gasteiger partial charge in [-0.15, -0.1) is 0 Å². The molecule has 0 radical (unpaired) electrons. The van der Waals surface area contributed by atoms with Crippen molar-refractivity contribution in [3.05, 3.63) is 65.5 Å². The lowest BCUT2D eigenvalue weighted by Crippen LogP contribution is -2.45. The molecule has 1 aliphatic heterocycles. The maximum Gasteiger partial charge on any atom is 0.251 e. The number of carbonyl (C=O) groups is 2. The zero-order valence-corrected chi connectivity index (χ0v) is 18.6. The first-order valence-electron chi connectivity index (χ1n) is 10.9. The minimum Gasteiger partial charge on any atom is -0.347 e. The molecule has 1 aliphatic rings. The van der Waals surface area contributed by atoms with Crippen molar-refractivity contribution in [3.8, 4) is 0 Å². The first-order chi connectivity index (χ1) is 15.4. The van der Waals surface area contributed by atoms with Gasteiger partial charge < -0.3 is 9.88 Å². The van der Waals surface area contributed by atoms with Crippen LogP contribution < -0.4 is 10.8 Å². The van der Waals surface area contributed by atoms with Crippen molar-refractivity contribution in [2.75, 3.05) is 13.1 Å². The number of hydrogen-bond donors (Lipinski definition) is 3. The molecule has 2 atom stereocenters. The second-order valence-corrected chi connectivity index (χ2v) is 8.64. The molecule has 4 rings (SSSR count). The van der Waals surface area contributed by atoms with Crippen LogP contribution in [0.1, 0.15) is 35.6 Å². The van der Waals surface area contributed by atoms with Crippen LogP contribution in [0, 0.1) is 12.8 Å². The van der Waals surface area contributed by atoms with Crippen LogP contribution in [0.5, 0.6) is 0 Å². The number of hydrogen-bond acceptors (Lipinski definition) is 5. The summed E-state index contributed by atoms with van der Waals surface area (Å²) in [6.07, 6.45) is 0. The van der Waals surface area contributed by atoms with Gasteiger partial charge in [-0.25, -0.2) is 10.5 Å². The number of fused-ring (bicyclic) bond motifs is 1. The van der Waals surface area contributed by atoms with E-state index in [0.717, 1.165) is 22.4 Å². The molecule has 1 fully saturated rings. The largest absolute Gasteiger partial charge is 0.347 e. The third-order valence-electron chi connectivity index (χ3n) is 6.24. The summed E-state index contributed by atoms with van der Waals surface area (Å²) < 4.78 is 2.15. The smallest absolute Gasteiger partial charge is 0.251 e. The minimum absolute atomic E-state index is 0.229. The molecule has 8 heteroatoms. The number of hydroxylamine groups is 1. The fraction of sp³-hybridized carbons (Fsp3) is 0.375. The van der Waals surface area contributed by atoms with Gasteiger partial charge >= 0.3 is 0 Å². The first-order valence-corrected chi connectivity index (χ1v) is 10.9. The van der Waals surface area contributed by atoms with Gasteiger partial charge in [0, 0.05) is 31.2 Å². The number of para-hydroxylation sites is 2. The Labute approximate surface area is 187 Å². The monoisotopic (exact) mass is 435 g/mol. The molecule has 1 saturated heterocycles. The summed E-state index contributed by atoms with van der Waals surface area (Å²) in [5.41, 5.74) is 5.38. The fourth-order valence-corrected chi connectivity index (χ4v) is 4.34. The van der Waals surface area contributed by atoms with Crippen molar-refractivity contribution in [3.63, 3.8) is 0 Å². The molecule has 3 N–H and O–H groups in total. The van der Waals surface area contributed by atoms with Gasteiger partial charge in [-0.05, 0) is 50.6 Å². The maximum atomic E-state index is 12.9. The molecular weight excluding hydrogens is 406 g/mol. The molecular formula is C24H29N5O3. The lowest BCUT2D eigenvalue weighted by atomic mass is 10.0. The summed E-state index contributed by atoms with van der Waals surface area (Å²) in [7, 11) is 0. The predicted molar refractivity (Wildman–Crippen MR) is 121 cm³/mol. The SMILES string of the molecule is Cc1nc2ccccc2n1Cc1ccc(C(=O)N[C@@H]2CN(C(C)C)C[C@@H]2C(=O)NO)cc1. The Morgan fingerprint density at radius 1 is 1.12 bits per heavy atom. The Bertz CT molecular complexity index is 1120. The number of benzene rings is 2. The quantitative estimate of drug-likeness (QED) is 0.408. The summed E-state index contributed by atoms with van der Waals surface area (Å²) in [6, 6.07) is 15.4. The van der Waals surface area contributed by atoms with Crippen molar-refractivity contribution in [1.29, 1.82) is 0 Å². The molecule has 32 heavy (non-hydrogen) atoms. The van der Waals surface area contributed by atoms with Crippen LogP contribution in [-0.2, 0) is 11.3 Å². The van der Waals surface area contributed by atoms with Crippen LogP contribution in [0.3, 0.4) is 0 Å². The number of carbonyl (C=O) groups excluding carboxylic acids is 2. The number of nitrogens with one attached hydrogen (secondary N) is 2. The average molecular weight is 436 g/mol. The topological polar surface area (TPSA) is 99.5 Å². The van der Waals surface area contributed by atoms with E-state index in [1.165, 1.54) is 0 Å². The highest BCUT2D eigenvalue weighted by molar-refractivity contribution is 5.95. The van der Waals surface area contributed by atoms with Crippen LogP contribution >= 0.6 is 0 Å². The van der Waals surface area contributed by atoms with E-state index in [0.29, 0.717) is 25.2 Å². The van der Waals surface area contributed by atoms with Crippen LogP contribution in [0.15, 0.2) is 48.5 Å². The summed E-state index contributed by atoms with van der Waals surface area (Å²) >= 11 is 0. The van der Waals surface area contributed by atoms with Crippen LogP contribution in [0.4, 0.5) is 0 Å². The lowest BCUT2D eigenvalue weighted by molar-refractivity contribution is -0.133. The molecule has 0 saturated carbocycles. The Hall–Kier alpha value is -3.23. The molecule has 1 aromatic heterocycles. The first kappa shape index (κ1) is 22.0. The van der Waals surface area contributed by atoms with Crippen LogP contribution in [0.2, 0.25) is 0 Å². The highest BCUT2D eigenvalue weighted by atomic mass is 16.5. The Morgan fingerprint density at radius 3 is 2.53 bits per heavy atom. The highest BCUT2D eigenvalue weighted by Gasteiger charge is 2.39. The maximum absolute atomic E-state index is 12.9. The second-order valence-electron chi connectivity index (χ2n) is 8.64. The van der Waals surface area contributed by atoms with Crippen molar-refractivity contribution in [2.45, 2.75) is 39.4 Å². The van der Waals surface area contributed by atoms with Gasteiger partial charge in [-0.3, -0.25) is 19.7 Å². The van der Waals surface area contributed by atoms with Gasteiger partial charge in [-0.2, -0.15) is 0 Å². The van der Waals surface area contributed by atoms with E-state index < -0.39 is 11.8 Å². The zero-order chi connectivity index (χ0) is 22.8. The third kappa shape index (κ3) is 4.37. The number of rotatable bonds is 6. The van der Waals surface area contributed by atoms with E-state index in [4.69, 9.17) is 5.21 Å². The fourth-order valence-electron chi connectivity index (χ4n) is 4.34. The zero-order valence-electron chi connectivity index (χ0n) is 18.6. The molecule has 0 bridgehead atoms. The number of aryl methyl sites for hydroxylation is 1. The molecule has 0 spiro atoms. The molecule has 0 unspecified atom stereocenters. The van der Waals surface area contributed by atoms with Crippen molar-refractivity contribution in [1.82, 2.24) is 25.2 Å². The summed E-state index contributed by atoms with van der Waals surface area (Å²) in [5, 5.41) is 12.0. The van der Waals surface area contributed by atoms with E-state index in [2.05, 4.69) is 25.8 Å². The van der Waals surface area contributed by atoms with Gasteiger partial charge in [-0.1, -0.05) is 24.3 Å². The second kappa shape index (κ2) is 9.10. The molecule has 0 aliphatic carbocycles. The summed E-state index contributed by atoms with van der Waals surface area (Å²) in [4.78, 5) is 31.7. The molecule has 2 amide bonds. The standard InChI is InChI=1S/C24H29N5O3/c1-15(2)28-13-19(24(31)27-32)21(14-28)26-23(30)18-10-8-17(9-11-18)12-29-16(3)25-20-6-4-5-7-22(20)29/h4-11,15,19,21,32H,12-14H2,1-3H3,(H,26,30)(H,27,31)/t19-,21+/m0/s1. The minimum atomic E-state index is -0.497. The third-order valence-corrected chi connectivity index (χ3v) is 6.24. The lowest BCUT2D eigenvalue weighted by Gasteiger charge is -2.20. The van der Waals surface area contributed by atoms with E-state index in [1.807, 2.05) is 51.1 Å². The van der Waals surface area contributed by atoms with Crippen LogP contribution in [0.25, 0.3) is 11.0 Å². The normalized spacial score (nSPS) is 18.9. The van der Waals surface area contributed by atoms with E-state index >= 15 is 0 Å². The molecule has 2 aromatic carbocycles. The molecule has 3 aromatic rings. The number of nitrogens with zero attached hydrogens (tertiary/aromatic N) is 3. The summed E-state index contributed by atoms with van der Waals surface area (Å²) in [6.45, 7) is 7.80. The van der Waals surface area contributed by atoms with Gasteiger partial charge in [0.15, 0.2) is 0 Å². The Morgan fingerprint density at radius 2 is 1.84 bits per heavy atom. The van der Waals surface area contributed by atoms with Crippen molar-refractivity contribution in [2.24, 2.45) is 5.92 Å². The van der Waals surface area contributed by atoms with Gasteiger partial charge in [0.05, 0.1) is 23.0 Å². The van der Waals surface area contributed by atoms with Gasteiger partial charge in [0.25, 0.3) is 5.91 Å². The van der Waals surface area contributed by atoms with Crippen LogP contribution in [-0.4, -0.2) is 56.6 Å². The van der Waals surface area contributed by atoms with Crippen molar-refractivity contribution >= 4 is 22.8 Å². The molecule has 2 heterocycles. The number of aromatic nitrogens is 2.